The van der Waals surface area contributed by atoms with Crippen LogP contribution in [-0.4, -0.2) is 41.5 Å². The molecule has 1 aliphatic rings. The Morgan fingerprint density at radius 1 is 1.27 bits per heavy atom. The molecular weight excluding hydrogens is 348 g/mol. The van der Waals surface area contributed by atoms with Gasteiger partial charge in [-0.15, -0.1) is 0 Å². The van der Waals surface area contributed by atoms with E-state index in [1.165, 1.54) is 0 Å². The monoisotopic (exact) mass is 372 g/mol. The molecule has 0 unspecified atom stereocenters. The van der Waals surface area contributed by atoms with Crippen molar-refractivity contribution in [2.75, 3.05) is 25.6 Å². The molecule has 0 bridgehead atoms. The highest BCUT2D eigenvalue weighted by Crippen LogP contribution is 2.22. The molecule has 0 radical (unpaired) electrons. The largest absolute Gasteiger partial charge is 0.508 e. The minimum atomic E-state index is 0.163. The zero-order valence-electron chi connectivity index (χ0n) is 14.9. The lowest BCUT2D eigenvalue weighted by Gasteiger charge is -2.28. The fraction of sp³-hybridized carbons (Fsp3) is 0.350. The summed E-state index contributed by atoms with van der Waals surface area (Å²) in [6.07, 6.45) is 2.27. The van der Waals surface area contributed by atoms with Crippen molar-refractivity contribution < 1.29 is 14.6 Å². The standard InChI is InChI=1S/C20H24N2O3S/c1-24-17-10-8-16(9-11-17)21-20(26)22(14-18-6-4-12-25-18)13-15-5-2-3-7-19(15)23/h2-3,5,7-11,18,23H,4,6,12-14H2,1H3,(H,21,26)/t18-/m0/s1. The molecule has 2 N–H and O–H groups in total. The van der Waals surface area contributed by atoms with Crippen LogP contribution in [0.2, 0.25) is 0 Å². The number of benzene rings is 2. The summed E-state index contributed by atoms with van der Waals surface area (Å²) in [5.41, 5.74) is 1.73. The van der Waals surface area contributed by atoms with Gasteiger partial charge < -0.3 is 24.8 Å². The van der Waals surface area contributed by atoms with Crippen LogP contribution >= 0.6 is 12.2 Å². The number of rotatable bonds is 6. The third-order valence-electron chi connectivity index (χ3n) is 4.43. The lowest BCUT2D eigenvalue weighted by Crippen LogP contribution is -2.39. The highest BCUT2D eigenvalue weighted by molar-refractivity contribution is 7.80. The maximum atomic E-state index is 10.1. The summed E-state index contributed by atoms with van der Waals surface area (Å²) in [7, 11) is 1.64. The number of thiocarbonyl (C=S) groups is 1. The summed E-state index contributed by atoms with van der Waals surface area (Å²) in [6.45, 7) is 2.01. The third-order valence-corrected chi connectivity index (χ3v) is 4.79. The lowest BCUT2D eigenvalue weighted by molar-refractivity contribution is 0.0904. The van der Waals surface area contributed by atoms with Gasteiger partial charge in [-0.25, -0.2) is 0 Å². The van der Waals surface area contributed by atoms with Crippen molar-refractivity contribution in [2.45, 2.75) is 25.5 Å². The van der Waals surface area contributed by atoms with Gasteiger partial charge in [0.05, 0.1) is 13.2 Å². The zero-order valence-corrected chi connectivity index (χ0v) is 15.7. The van der Waals surface area contributed by atoms with Crippen LogP contribution in [0.25, 0.3) is 0 Å². The maximum absolute atomic E-state index is 10.1. The lowest BCUT2D eigenvalue weighted by atomic mass is 10.1. The Morgan fingerprint density at radius 2 is 2.04 bits per heavy atom. The van der Waals surface area contributed by atoms with E-state index < -0.39 is 0 Å². The highest BCUT2D eigenvalue weighted by atomic mass is 32.1. The van der Waals surface area contributed by atoms with Gasteiger partial charge in [0.15, 0.2) is 5.11 Å². The summed E-state index contributed by atoms with van der Waals surface area (Å²) >= 11 is 5.64. The number of methoxy groups -OCH3 is 1. The first-order valence-corrected chi connectivity index (χ1v) is 9.15. The first-order valence-electron chi connectivity index (χ1n) is 8.74. The molecule has 0 spiro atoms. The van der Waals surface area contributed by atoms with Gasteiger partial charge in [-0.05, 0) is 55.4 Å². The van der Waals surface area contributed by atoms with E-state index in [0.29, 0.717) is 18.2 Å². The Morgan fingerprint density at radius 3 is 2.69 bits per heavy atom. The SMILES string of the molecule is COc1ccc(NC(=S)N(Cc2ccccc2O)C[C@@H]2CCCO2)cc1. The van der Waals surface area contributed by atoms with Crippen molar-refractivity contribution in [3.05, 3.63) is 54.1 Å². The van der Waals surface area contributed by atoms with E-state index in [1.54, 1.807) is 13.2 Å². The first-order chi connectivity index (χ1) is 12.7. The molecular formula is C20H24N2O3S. The third kappa shape index (κ3) is 4.86. The second-order valence-electron chi connectivity index (χ2n) is 6.30. The van der Waals surface area contributed by atoms with Gasteiger partial charge in [-0.3, -0.25) is 0 Å². The molecule has 1 saturated heterocycles. The Hall–Kier alpha value is -2.31. The van der Waals surface area contributed by atoms with Crippen molar-refractivity contribution in [2.24, 2.45) is 0 Å². The van der Waals surface area contributed by atoms with Crippen LogP contribution in [0.3, 0.4) is 0 Å². The Kier molecular flexibility index (Phi) is 6.30. The zero-order chi connectivity index (χ0) is 18.4. The van der Waals surface area contributed by atoms with E-state index in [0.717, 1.165) is 36.4 Å². The quantitative estimate of drug-likeness (QED) is 0.753. The van der Waals surface area contributed by atoms with Crippen LogP contribution < -0.4 is 10.1 Å². The molecule has 2 aromatic carbocycles. The fourth-order valence-corrected chi connectivity index (χ4v) is 3.24. The minimum absolute atomic E-state index is 0.163. The first kappa shape index (κ1) is 18.5. The molecule has 1 aliphatic heterocycles. The molecule has 0 aromatic heterocycles. The molecule has 0 amide bonds. The van der Waals surface area contributed by atoms with Crippen LogP contribution in [0.4, 0.5) is 5.69 Å². The maximum Gasteiger partial charge on any atom is 0.173 e. The number of hydrogen-bond acceptors (Lipinski definition) is 4. The summed E-state index contributed by atoms with van der Waals surface area (Å²) < 4.78 is 11.0. The van der Waals surface area contributed by atoms with Crippen molar-refractivity contribution in [1.29, 1.82) is 0 Å². The van der Waals surface area contributed by atoms with Crippen molar-refractivity contribution in [1.82, 2.24) is 4.90 Å². The molecule has 26 heavy (non-hydrogen) atoms. The van der Waals surface area contributed by atoms with Crippen LogP contribution in [0.1, 0.15) is 18.4 Å². The molecule has 0 saturated carbocycles. The van der Waals surface area contributed by atoms with Gasteiger partial charge in [0, 0.05) is 30.9 Å². The number of phenols is 1. The normalized spacial score (nSPS) is 16.3. The van der Waals surface area contributed by atoms with Crippen LogP contribution in [0.5, 0.6) is 11.5 Å². The van der Waals surface area contributed by atoms with Gasteiger partial charge in [-0.1, -0.05) is 18.2 Å². The van der Waals surface area contributed by atoms with E-state index in [4.69, 9.17) is 21.7 Å². The Labute approximate surface area is 159 Å². The summed E-state index contributed by atoms with van der Waals surface area (Å²) in [5, 5.41) is 14.0. The number of nitrogens with one attached hydrogen (secondary N) is 1. The van der Waals surface area contributed by atoms with Gasteiger partial charge in [0.25, 0.3) is 0 Å². The number of ether oxygens (including phenoxy) is 2. The topological polar surface area (TPSA) is 54.0 Å². The molecule has 6 heteroatoms. The second kappa shape index (κ2) is 8.87. The van der Waals surface area contributed by atoms with E-state index >= 15 is 0 Å². The average Bonchev–Trinajstić information content (AvgIpc) is 3.16. The van der Waals surface area contributed by atoms with Crippen molar-refractivity contribution in [3.63, 3.8) is 0 Å². The summed E-state index contributed by atoms with van der Waals surface area (Å²) in [4.78, 5) is 2.05. The summed E-state index contributed by atoms with van der Waals surface area (Å²) in [6, 6.07) is 15.0. The number of phenolic OH excluding ortho intramolecular Hbond substituents is 1. The highest BCUT2D eigenvalue weighted by Gasteiger charge is 2.22. The molecule has 138 valence electrons. The minimum Gasteiger partial charge on any atom is -0.508 e. The molecule has 0 aliphatic carbocycles. The van der Waals surface area contributed by atoms with E-state index in [-0.39, 0.29) is 11.9 Å². The van der Waals surface area contributed by atoms with E-state index in [9.17, 15) is 5.11 Å². The fourth-order valence-electron chi connectivity index (χ4n) is 2.98. The molecule has 1 fully saturated rings. The number of aromatic hydroxyl groups is 1. The van der Waals surface area contributed by atoms with Gasteiger partial charge in [-0.2, -0.15) is 0 Å². The number of para-hydroxylation sites is 1. The number of hydrogen-bond donors (Lipinski definition) is 2. The van der Waals surface area contributed by atoms with E-state index in [1.807, 2.05) is 47.4 Å². The van der Waals surface area contributed by atoms with Crippen LogP contribution in [0.15, 0.2) is 48.5 Å². The van der Waals surface area contributed by atoms with E-state index in [2.05, 4.69) is 5.32 Å². The molecule has 5 nitrogen and oxygen atoms in total. The molecule has 1 atom stereocenters. The van der Waals surface area contributed by atoms with Crippen molar-refractivity contribution in [3.8, 4) is 11.5 Å². The Balaban J connectivity index is 1.72. The Bertz CT molecular complexity index is 730. The van der Waals surface area contributed by atoms with Gasteiger partial charge in [0.1, 0.15) is 11.5 Å². The number of anilines is 1. The predicted octanol–water partition coefficient (Wildman–Crippen LogP) is 3.78. The molecule has 2 aromatic rings. The van der Waals surface area contributed by atoms with Gasteiger partial charge in [0.2, 0.25) is 0 Å². The molecule has 1 heterocycles. The molecule has 3 rings (SSSR count). The van der Waals surface area contributed by atoms with Gasteiger partial charge >= 0.3 is 0 Å². The van der Waals surface area contributed by atoms with Crippen LogP contribution in [-0.2, 0) is 11.3 Å². The smallest absolute Gasteiger partial charge is 0.173 e. The number of nitrogens with zero attached hydrogens (tertiary/aromatic N) is 1. The van der Waals surface area contributed by atoms with Crippen molar-refractivity contribution >= 4 is 23.0 Å². The average molecular weight is 372 g/mol. The van der Waals surface area contributed by atoms with Crippen LogP contribution in [0, 0.1) is 0 Å². The second-order valence-corrected chi connectivity index (χ2v) is 6.69. The summed E-state index contributed by atoms with van der Waals surface area (Å²) in [5.74, 6) is 1.07. The predicted molar refractivity (Wildman–Crippen MR) is 107 cm³/mol.